The van der Waals surface area contributed by atoms with Gasteiger partial charge in [-0.15, -0.1) is 0 Å². The Bertz CT molecular complexity index is 459. The van der Waals surface area contributed by atoms with Crippen LogP contribution in [0.3, 0.4) is 0 Å². The van der Waals surface area contributed by atoms with E-state index in [-0.39, 0.29) is 11.8 Å². The van der Waals surface area contributed by atoms with Crippen LogP contribution in [0.1, 0.15) is 23.0 Å². The molecule has 1 rings (SSSR count). The Kier molecular flexibility index (Phi) is 6.11. The maximum Gasteiger partial charge on any atom is 0.339 e. The standard InChI is InChI=1S/C14H21N3O3/c1-10(13(18)15-2)8-17(3)9-12-6-5-11(7-16-12)14(19)20-4/h5-7,10H,8-9H2,1-4H3,(H,15,18). The van der Waals surface area contributed by atoms with Gasteiger partial charge >= 0.3 is 5.97 Å². The first-order valence-electron chi connectivity index (χ1n) is 6.41. The van der Waals surface area contributed by atoms with Gasteiger partial charge in [-0.3, -0.25) is 14.7 Å². The van der Waals surface area contributed by atoms with Crippen molar-refractivity contribution in [3.8, 4) is 0 Å². The van der Waals surface area contributed by atoms with Crippen molar-refractivity contribution < 1.29 is 14.3 Å². The number of hydrogen-bond donors (Lipinski definition) is 1. The lowest BCUT2D eigenvalue weighted by Gasteiger charge is -2.20. The highest BCUT2D eigenvalue weighted by Crippen LogP contribution is 2.06. The molecule has 0 aliphatic heterocycles. The fourth-order valence-corrected chi connectivity index (χ4v) is 1.89. The summed E-state index contributed by atoms with van der Waals surface area (Å²) in [6.07, 6.45) is 1.50. The summed E-state index contributed by atoms with van der Waals surface area (Å²) in [6.45, 7) is 3.13. The van der Waals surface area contributed by atoms with Crippen molar-refractivity contribution in [2.75, 3.05) is 27.7 Å². The van der Waals surface area contributed by atoms with Crippen LogP contribution in [0.2, 0.25) is 0 Å². The summed E-state index contributed by atoms with van der Waals surface area (Å²) in [6, 6.07) is 3.47. The van der Waals surface area contributed by atoms with Crippen molar-refractivity contribution in [2.45, 2.75) is 13.5 Å². The van der Waals surface area contributed by atoms with Gasteiger partial charge in [0.15, 0.2) is 0 Å². The summed E-state index contributed by atoms with van der Waals surface area (Å²) in [4.78, 5) is 29.0. The van der Waals surface area contributed by atoms with E-state index in [1.807, 2.05) is 18.9 Å². The number of carbonyl (C=O) groups is 2. The smallest absolute Gasteiger partial charge is 0.339 e. The number of methoxy groups -OCH3 is 1. The third-order valence-corrected chi connectivity index (χ3v) is 2.96. The first-order valence-corrected chi connectivity index (χ1v) is 6.41. The molecule has 0 saturated carbocycles. The minimum absolute atomic E-state index is 0.0193. The number of nitrogens with one attached hydrogen (secondary N) is 1. The first kappa shape index (κ1) is 16.1. The minimum Gasteiger partial charge on any atom is -0.465 e. The quantitative estimate of drug-likeness (QED) is 0.775. The van der Waals surface area contributed by atoms with Gasteiger partial charge in [0.05, 0.1) is 18.4 Å². The van der Waals surface area contributed by atoms with Gasteiger partial charge in [-0.1, -0.05) is 6.92 Å². The average molecular weight is 279 g/mol. The van der Waals surface area contributed by atoms with Crippen LogP contribution < -0.4 is 5.32 Å². The zero-order valence-corrected chi connectivity index (χ0v) is 12.3. The van der Waals surface area contributed by atoms with Crippen LogP contribution in [0.5, 0.6) is 0 Å². The van der Waals surface area contributed by atoms with E-state index in [1.165, 1.54) is 13.3 Å². The van der Waals surface area contributed by atoms with Crippen molar-refractivity contribution in [1.29, 1.82) is 0 Å². The number of ether oxygens (including phenoxy) is 1. The Labute approximate surface area is 119 Å². The maximum absolute atomic E-state index is 11.4. The zero-order chi connectivity index (χ0) is 15.1. The molecule has 1 N–H and O–H groups in total. The summed E-state index contributed by atoms with van der Waals surface area (Å²) in [7, 11) is 4.89. The van der Waals surface area contributed by atoms with Crippen molar-refractivity contribution >= 4 is 11.9 Å². The summed E-state index contributed by atoms with van der Waals surface area (Å²) in [5, 5.41) is 2.63. The summed E-state index contributed by atoms with van der Waals surface area (Å²) < 4.78 is 4.61. The third kappa shape index (κ3) is 4.62. The Balaban J connectivity index is 2.56. The van der Waals surface area contributed by atoms with Crippen LogP contribution in [0.4, 0.5) is 0 Å². The summed E-state index contributed by atoms with van der Waals surface area (Å²) in [5.74, 6) is -0.462. The Morgan fingerprint density at radius 1 is 1.45 bits per heavy atom. The van der Waals surface area contributed by atoms with E-state index in [9.17, 15) is 9.59 Å². The molecule has 0 aromatic carbocycles. The van der Waals surface area contributed by atoms with E-state index in [0.717, 1.165) is 5.69 Å². The van der Waals surface area contributed by atoms with Crippen LogP contribution in [-0.4, -0.2) is 49.5 Å². The second-order valence-corrected chi connectivity index (χ2v) is 4.74. The SMILES string of the molecule is CNC(=O)C(C)CN(C)Cc1ccc(C(=O)OC)cn1. The van der Waals surface area contributed by atoms with E-state index in [1.54, 1.807) is 19.2 Å². The average Bonchev–Trinajstić information content (AvgIpc) is 2.46. The highest BCUT2D eigenvalue weighted by Gasteiger charge is 2.14. The molecule has 0 bridgehead atoms. The molecule has 110 valence electrons. The van der Waals surface area contributed by atoms with Crippen molar-refractivity contribution in [2.24, 2.45) is 5.92 Å². The molecule has 1 heterocycles. The molecular formula is C14H21N3O3. The molecule has 0 aliphatic rings. The molecule has 1 aromatic heterocycles. The highest BCUT2D eigenvalue weighted by atomic mass is 16.5. The molecule has 1 atom stereocenters. The van der Waals surface area contributed by atoms with Gasteiger partial charge in [0.1, 0.15) is 0 Å². The molecule has 0 aliphatic carbocycles. The summed E-state index contributed by atoms with van der Waals surface area (Å²) in [5.41, 5.74) is 1.27. The number of carbonyl (C=O) groups excluding carboxylic acids is 2. The van der Waals surface area contributed by atoms with E-state index in [2.05, 4.69) is 15.0 Å². The molecule has 1 amide bonds. The molecule has 0 spiro atoms. The lowest BCUT2D eigenvalue weighted by molar-refractivity contribution is -0.124. The number of hydrogen-bond acceptors (Lipinski definition) is 5. The summed E-state index contributed by atoms with van der Waals surface area (Å²) >= 11 is 0. The van der Waals surface area contributed by atoms with Gasteiger partial charge in [0.25, 0.3) is 0 Å². The second-order valence-electron chi connectivity index (χ2n) is 4.74. The Hall–Kier alpha value is -1.95. The zero-order valence-electron chi connectivity index (χ0n) is 12.3. The van der Waals surface area contributed by atoms with Gasteiger partial charge in [-0.2, -0.15) is 0 Å². The molecule has 0 fully saturated rings. The lowest BCUT2D eigenvalue weighted by atomic mass is 10.1. The Morgan fingerprint density at radius 2 is 2.15 bits per heavy atom. The monoisotopic (exact) mass is 279 g/mol. The number of pyridine rings is 1. The number of rotatable bonds is 6. The van der Waals surface area contributed by atoms with Crippen molar-refractivity contribution in [3.05, 3.63) is 29.6 Å². The number of amides is 1. The fraction of sp³-hybridized carbons (Fsp3) is 0.500. The number of nitrogens with zero attached hydrogens (tertiary/aromatic N) is 2. The molecule has 0 radical (unpaired) electrons. The van der Waals surface area contributed by atoms with Crippen LogP contribution in [0.15, 0.2) is 18.3 Å². The molecule has 20 heavy (non-hydrogen) atoms. The molecule has 6 heteroatoms. The van der Waals surface area contributed by atoms with Crippen LogP contribution in [0.25, 0.3) is 0 Å². The van der Waals surface area contributed by atoms with Gasteiger partial charge in [-0.25, -0.2) is 4.79 Å². The number of esters is 1. The first-order chi connectivity index (χ1) is 9.47. The third-order valence-electron chi connectivity index (χ3n) is 2.96. The van der Waals surface area contributed by atoms with Crippen LogP contribution in [-0.2, 0) is 16.1 Å². The van der Waals surface area contributed by atoms with Gasteiger partial charge < -0.3 is 10.1 Å². The van der Waals surface area contributed by atoms with Gasteiger partial charge in [-0.05, 0) is 19.2 Å². The largest absolute Gasteiger partial charge is 0.465 e. The molecular weight excluding hydrogens is 258 g/mol. The molecule has 0 saturated heterocycles. The van der Waals surface area contributed by atoms with Gasteiger partial charge in [0, 0.05) is 32.3 Å². The van der Waals surface area contributed by atoms with Crippen LogP contribution in [0, 0.1) is 5.92 Å². The van der Waals surface area contributed by atoms with Crippen molar-refractivity contribution in [3.63, 3.8) is 0 Å². The molecule has 1 unspecified atom stereocenters. The number of aromatic nitrogens is 1. The predicted molar refractivity (Wildman–Crippen MR) is 75.1 cm³/mol. The fourth-order valence-electron chi connectivity index (χ4n) is 1.89. The lowest BCUT2D eigenvalue weighted by Crippen LogP contribution is -2.34. The van der Waals surface area contributed by atoms with Crippen molar-refractivity contribution in [1.82, 2.24) is 15.2 Å². The molecule has 1 aromatic rings. The Morgan fingerprint density at radius 3 is 2.65 bits per heavy atom. The second kappa shape index (κ2) is 7.59. The molecule has 6 nitrogen and oxygen atoms in total. The maximum atomic E-state index is 11.4. The van der Waals surface area contributed by atoms with E-state index in [0.29, 0.717) is 18.7 Å². The normalized spacial score (nSPS) is 12.1. The van der Waals surface area contributed by atoms with E-state index in [4.69, 9.17) is 0 Å². The predicted octanol–water partition coefficient (Wildman–Crippen LogP) is 0.682. The van der Waals surface area contributed by atoms with Crippen LogP contribution >= 0.6 is 0 Å². The van der Waals surface area contributed by atoms with Gasteiger partial charge in [0.2, 0.25) is 5.91 Å². The van der Waals surface area contributed by atoms with E-state index < -0.39 is 5.97 Å². The van der Waals surface area contributed by atoms with E-state index >= 15 is 0 Å². The minimum atomic E-state index is -0.398. The highest BCUT2D eigenvalue weighted by molar-refractivity contribution is 5.88. The topological polar surface area (TPSA) is 71.5 Å².